The molecule has 1 aromatic heterocycles. The van der Waals surface area contributed by atoms with Gasteiger partial charge in [0.2, 0.25) is 5.91 Å². The summed E-state index contributed by atoms with van der Waals surface area (Å²) in [5.41, 5.74) is 0.957. The number of anilines is 1. The van der Waals surface area contributed by atoms with E-state index in [1.54, 1.807) is 6.26 Å². The Kier molecular flexibility index (Phi) is 3.79. The number of rotatable bonds is 3. The third-order valence-electron chi connectivity index (χ3n) is 7.00. The monoisotopic (exact) mass is 379 g/mol. The number of nitrogens with one attached hydrogen (secondary N) is 3. The lowest BCUT2D eigenvalue weighted by Crippen LogP contribution is -2.70. The van der Waals surface area contributed by atoms with Crippen LogP contribution in [0, 0.1) is 17.3 Å². The first kappa shape index (κ1) is 17.3. The SMILES string of the molecule is C[C@@]12CC[C@H](C[C@@H]1C(=O)NCc1ccco1)[C@]1(C2)NC(=O)c2ccccc2N1. The molecule has 0 radical (unpaired) electrons. The van der Waals surface area contributed by atoms with Crippen molar-refractivity contribution < 1.29 is 14.0 Å². The number of para-hydroxylation sites is 1. The Morgan fingerprint density at radius 1 is 1.25 bits per heavy atom. The molecule has 146 valence electrons. The third kappa shape index (κ3) is 2.62. The molecule has 4 aliphatic rings. The zero-order chi connectivity index (χ0) is 19.4. The van der Waals surface area contributed by atoms with Crippen LogP contribution < -0.4 is 16.0 Å². The smallest absolute Gasteiger partial charge is 0.255 e. The van der Waals surface area contributed by atoms with Gasteiger partial charge in [0, 0.05) is 17.5 Å². The molecule has 0 saturated heterocycles. The molecule has 2 heterocycles. The molecule has 0 unspecified atom stereocenters. The van der Waals surface area contributed by atoms with Crippen molar-refractivity contribution in [1.82, 2.24) is 10.6 Å². The summed E-state index contributed by atoms with van der Waals surface area (Å²) < 4.78 is 5.32. The second-order valence-electron chi connectivity index (χ2n) is 8.75. The average molecular weight is 379 g/mol. The highest BCUT2D eigenvalue weighted by molar-refractivity contribution is 6.02. The summed E-state index contributed by atoms with van der Waals surface area (Å²) in [5, 5.41) is 9.94. The molecule has 28 heavy (non-hydrogen) atoms. The number of hydrogen-bond acceptors (Lipinski definition) is 4. The van der Waals surface area contributed by atoms with Crippen LogP contribution in [0.25, 0.3) is 0 Å². The van der Waals surface area contributed by atoms with Gasteiger partial charge in [-0.15, -0.1) is 0 Å². The minimum atomic E-state index is -0.462. The van der Waals surface area contributed by atoms with Crippen LogP contribution in [0.3, 0.4) is 0 Å². The van der Waals surface area contributed by atoms with Crippen LogP contribution in [0.2, 0.25) is 0 Å². The van der Waals surface area contributed by atoms with Gasteiger partial charge in [-0.1, -0.05) is 19.1 Å². The number of fused-ring (bicyclic) bond motifs is 3. The van der Waals surface area contributed by atoms with E-state index in [0.29, 0.717) is 12.1 Å². The molecule has 6 rings (SSSR count). The molecule has 3 saturated carbocycles. The molecule has 3 N–H and O–H groups in total. The van der Waals surface area contributed by atoms with Gasteiger partial charge in [0.05, 0.1) is 18.4 Å². The highest BCUT2D eigenvalue weighted by Gasteiger charge is 2.60. The van der Waals surface area contributed by atoms with E-state index in [4.69, 9.17) is 4.42 Å². The van der Waals surface area contributed by atoms with Gasteiger partial charge in [-0.05, 0) is 55.4 Å². The zero-order valence-corrected chi connectivity index (χ0v) is 16.0. The molecule has 1 aliphatic heterocycles. The van der Waals surface area contributed by atoms with Crippen molar-refractivity contribution in [2.75, 3.05) is 5.32 Å². The van der Waals surface area contributed by atoms with Crippen molar-refractivity contribution in [2.24, 2.45) is 17.3 Å². The number of furan rings is 1. The Labute approximate surface area is 164 Å². The van der Waals surface area contributed by atoms with Crippen molar-refractivity contribution >= 4 is 17.5 Å². The summed E-state index contributed by atoms with van der Waals surface area (Å²) in [6.45, 7) is 2.60. The quantitative estimate of drug-likeness (QED) is 0.764. The first-order valence-corrected chi connectivity index (χ1v) is 9.99. The molecule has 3 aliphatic carbocycles. The van der Waals surface area contributed by atoms with E-state index < -0.39 is 5.66 Å². The lowest BCUT2D eigenvalue weighted by Gasteiger charge is -2.60. The second-order valence-corrected chi connectivity index (χ2v) is 8.75. The van der Waals surface area contributed by atoms with Crippen LogP contribution in [-0.4, -0.2) is 17.5 Å². The highest BCUT2D eigenvalue weighted by Crippen LogP contribution is 2.58. The van der Waals surface area contributed by atoms with E-state index in [2.05, 4.69) is 22.9 Å². The lowest BCUT2D eigenvalue weighted by atomic mass is 9.51. The van der Waals surface area contributed by atoms with E-state index in [1.165, 1.54) is 0 Å². The molecule has 1 aromatic carbocycles. The molecule has 2 bridgehead atoms. The van der Waals surface area contributed by atoms with Crippen molar-refractivity contribution in [3.63, 3.8) is 0 Å². The molecule has 3 fully saturated rings. The van der Waals surface area contributed by atoms with Gasteiger partial charge in [0.15, 0.2) is 0 Å². The van der Waals surface area contributed by atoms with Crippen molar-refractivity contribution in [3.8, 4) is 0 Å². The summed E-state index contributed by atoms with van der Waals surface area (Å²) in [6.07, 6.45) is 5.15. The predicted molar refractivity (Wildman–Crippen MR) is 104 cm³/mol. The van der Waals surface area contributed by atoms with Crippen LogP contribution in [0.5, 0.6) is 0 Å². The van der Waals surface area contributed by atoms with Crippen LogP contribution in [0.4, 0.5) is 5.69 Å². The standard InChI is InChI=1S/C22H25N3O3/c1-21-9-8-14(11-17(21)20(27)23-12-15-5-4-10-28-15)22(13-21)24-18-7-3-2-6-16(18)19(26)25-22/h2-7,10,14,17,24H,8-9,11-13H2,1H3,(H,23,27)(H,25,26)/t14-,17-,21+,22+/m1/s1. The first-order chi connectivity index (χ1) is 13.5. The van der Waals surface area contributed by atoms with E-state index in [0.717, 1.165) is 37.1 Å². The summed E-state index contributed by atoms with van der Waals surface area (Å²) in [5.74, 6) is 0.993. The number of hydrogen-bond donors (Lipinski definition) is 3. The molecule has 4 atom stereocenters. The fraction of sp³-hybridized carbons (Fsp3) is 0.455. The molecular weight excluding hydrogens is 354 g/mol. The van der Waals surface area contributed by atoms with Crippen molar-refractivity contribution in [3.05, 3.63) is 54.0 Å². The molecule has 2 aromatic rings. The summed E-state index contributed by atoms with van der Waals surface area (Å²) in [4.78, 5) is 25.7. The fourth-order valence-corrected chi connectivity index (χ4v) is 5.56. The maximum atomic E-state index is 13.0. The summed E-state index contributed by atoms with van der Waals surface area (Å²) in [7, 11) is 0. The maximum Gasteiger partial charge on any atom is 0.255 e. The van der Waals surface area contributed by atoms with Gasteiger partial charge in [-0.25, -0.2) is 0 Å². The maximum absolute atomic E-state index is 13.0. The number of amides is 2. The summed E-state index contributed by atoms with van der Waals surface area (Å²) in [6, 6.07) is 11.3. The number of carbonyl (C=O) groups is 2. The number of carbonyl (C=O) groups excluding carboxylic acids is 2. The van der Waals surface area contributed by atoms with Crippen molar-refractivity contribution in [2.45, 2.75) is 44.8 Å². The van der Waals surface area contributed by atoms with Gasteiger partial charge in [-0.3, -0.25) is 9.59 Å². The average Bonchev–Trinajstić information content (AvgIpc) is 3.19. The minimum Gasteiger partial charge on any atom is -0.467 e. The topological polar surface area (TPSA) is 83.4 Å². The Morgan fingerprint density at radius 3 is 2.89 bits per heavy atom. The van der Waals surface area contributed by atoms with E-state index in [1.807, 2.05) is 36.4 Å². The Balaban J connectivity index is 1.37. The van der Waals surface area contributed by atoms with Crippen molar-refractivity contribution in [1.29, 1.82) is 0 Å². The van der Waals surface area contributed by atoms with Gasteiger partial charge in [0.25, 0.3) is 5.91 Å². The fourth-order valence-electron chi connectivity index (χ4n) is 5.56. The van der Waals surface area contributed by atoms with E-state index in [9.17, 15) is 9.59 Å². The van der Waals surface area contributed by atoms with Crippen LogP contribution in [0.1, 0.15) is 48.7 Å². The molecule has 2 amide bonds. The van der Waals surface area contributed by atoms with Gasteiger partial charge in [-0.2, -0.15) is 0 Å². The normalized spacial score (nSPS) is 33.1. The molecule has 1 spiro atoms. The van der Waals surface area contributed by atoms with E-state index >= 15 is 0 Å². The summed E-state index contributed by atoms with van der Waals surface area (Å²) >= 11 is 0. The second kappa shape index (κ2) is 6.12. The van der Waals surface area contributed by atoms with Gasteiger partial charge >= 0.3 is 0 Å². The molecular formula is C22H25N3O3. The third-order valence-corrected chi connectivity index (χ3v) is 7.00. The van der Waals surface area contributed by atoms with Crippen LogP contribution >= 0.6 is 0 Å². The Morgan fingerprint density at radius 2 is 2.11 bits per heavy atom. The first-order valence-electron chi connectivity index (χ1n) is 9.99. The Hall–Kier alpha value is -2.76. The highest BCUT2D eigenvalue weighted by atomic mass is 16.3. The number of benzene rings is 1. The molecule has 6 nitrogen and oxygen atoms in total. The minimum absolute atomic E-state index is 0.0238. The van der Waals surface area contributed by atoms with Crippen LogP contribution in [0.15, 0.2) is 47.1 Å². The largest absolute Gasteiger partial charge is 0.467 e. The van der Waals surface area contributed by atoms with Gasteiger partial charge in [0.1, 0.15) is 11.4 Å². The van der Waals surface area contributed by atoms with Crippen LogP contribution in [-0.2, 0) is 11.3 Å². The Bertz CT molecular complexity index is 925. The lowest BCUT2D eigenvalue weighted by molar-refractivity contribution is -0.139. The molecule has 6 heteroatoms. The van der Waals surface area contributed by atoms with E-state index in [-0.39, 0.29) is 29.1 Å². The predicted octanol–water partition coefficient (Wildman–Crippen LogP) is 3.27. The van der Waals surface area contributed by atoms with Gasteiger partial charge < -0.3 is 20.4 Å². The zero-order valence-electron chi connectivity index (χ0n) is 16.0.